The average molecular weight is 375 g/mol. The molecule has 0 saturated carbocycles. The number of sulfonamides is 1. The molecule has 0 bridgehead atoms. The van der Waals surface area contributed by atoms with E-state index in [0.29, 0.717) is 18.0 Å². The van der Waals surface area contributed by atoms with Crippen molar-refractivity contribution in [2.75, 3.05) is 13.1 Å². The van der Waals surface area contributed by atoms with Gasteiger partial charge >= 0.3 is 0 Å². The Kier molecular flexibility index (Phi) is 3.74. The highest BCUT2D eigenvalue weighted by Crippen LogP contribution is 2.54. The first-order valence-corrected chi connectivity index (χ1v) is 10.8. The highest BCUT2D eigenvalue weighted by molar-refractivity contribution is 7.89. The SMILES string of the molecule is O=S(=O)(c1ccccc1)N1CCC2(CC1)c1ccccc1-c1ccccc12. The van der Waals surface area contributed by atoms with Gasteiger partial charge in [-0.1, -0.05) is 66.7 Å². The van der Waals surface area contributed by atoms with Crippen LogP contribution in [0, 0.1) is 0 Å². The lowest BCUT2D eigenvalue weighted by Gasteiger charge is -2.40. The smallest absolute Gasteiger partial charge is 0.207 e. The van der Waals surface area contributed by atoms with E-state index in [9.17, 15) is 8.42 Å². The maximum absolute atomic E-state index is 13.0. The Hall–Kier alpha value is -2.43. The second-order valence-electron chi connectivity index (χ2n) is 7.39. The van der Waals surface area contributed by atoms with E-state index in [1.807, 2.05) is 6.07 Å². The van der Waals surface area contributed by atoms with E-state index < -0.39 is 10.0 Å². The monoisotopic (exact) mass is 375 g/mol. The minimum Gasteiger partial charge on any atom is -0.207 e. The van der Waals surface area contributed by atoms with Crippen LogP contribution in [-0.4, -0.2) is 25.8 Å². The summed E-state index contributed by atoms with van der Waals surface area (Å²) in [6, 6.07) is 26.0. The highest BCUT2D eigenvalue weighted by Gasteiger charge is 2.46. The van der Waals surface area contributed by atoms with Crippen LogP contribution < -0.4 is 0 Å². The third kappa shape index (κ3) is 2.40. The molecule has 0 N–H and O–H groups in total. The summed E-state index contributed by atoms with van der Waals surface area (Å²) in [5.74, 6) is 0. The fourth-order valence-electron chi connectivity index (χ4n) is 4.80. The minimum absolute atomic E-state index is 0.0735. The fourth-order valence-corrected chi connectivity index (χ4v) is 6.27. The summed E-state index contributed by atoms with van der Waals surface area (Å²) >= 11 is 0. The first kappa shape index (κ1) is 16.7. The van der Waals surface area contributed by atoms with Gasteiger partial charge < -0.3 is 0 Å². The van der Waals surface area contributed by atoms with E-state index >= 15 is 0 Å². The first-order valence-electron chi connectivity index (χ1n) is 9.37. The van der Waals surface area contributed by atoms with Gasteiger partial charge in [0.2, 0.25) is 10.0 Å². The molecule has 136 valence electrons. The van der Waals surface area contributed by atoms with Crippen molar-refractivity contribution in [3.63, 3.8) is 0 Å². The van der Waals surface area contributed by atoms with Crippen molar-refractivity contribution >= 4 is 10.0 Å². The molecule has 0 aromatic heterocycles. The molecule has 1 fully saturated rings. The maximum atomic E-state index is 13.0. The van der Waals surface area contributed by atoms with Gasteiger partial charge in [-0.05, 0) is 47.2 Å². The van der Waals surface area contributed by atoms with Gasteiger partial charge in [0.1, 0.15) is 0 Å². The number of rotatable bonds is 2. The third-order valence-corrected chi connectivity index (χ3v) is 8.05. The fraction of sp³-hybridized carbons (Fsp3) is 0.217. The van der Waals surface area contributed by atoms with Crippen LogP contribution in [0.4, 0.5) is 0 Å². The zero-order valence-corrected chi connectivity index (χ0v) is 15.8. The van der Waals surface area contributed by atoms with Crippen molar-refractivity contribution in [1.82, 2.24) is 4.31 Å². The molecule has 1 aliphatic carbocycles. The minimum atomic E-state index is -3.43. The summed E-state index contributed by atoms with van der Waals surface area (Å²) in [5, 5.41) is 0. The Labute approximate surface area is 160 Å². The summed E-state index contributed by atoms with van der Waals surface area (Å²) in [4.78, 5) is 0.383. The third-order valence-electron chi connectivity index (χ3n) is 6.13. The standard InChI is InChI=1S/C23H21NO2S/c25-27(26,18-8-2-1-3-9-18)24-16-14-23(15-17-24)21-12-6-4-10-19(21)20-11-5-7-13-22(20)23/h1-13H,14-17H2. The molecule has 1 saturated heterocycles. The number of hydrogen-bond acceptors (Lipinski definition) is 2. The molecular weight excluding hydrogens is 354 g/mol. The highest BCUT2D eigenvalue weighted by atomic mass is 32.2. The predicted molar refractivity (Wildman–Crippen MR) is 107 cm³/mol. The lowest BCUT2D eigenvalue weighted by atomic mass is 9.71. The van der Waals surface area contributed by atoms with Gasteiger partial charge in [-0.25, -0.2) is 8.42 Å². The molecule has 0 radical (unpaired) electrons. The van der Waals surface area contributed by atoms with Crippen LogP contribution in [0.2, 0.25) is 0 Å². The summed E-state index contributed by atoms with van der Waals surface area (Å²) in [7, 11) is -3.43. The predicted octanol–water partition coefficient (Wildman–Crippen LogP) is 4.44. The van der Waals surface area contributed by atoms with E-state index in [4.69, 9.17) is 0 Å². The molecule has 0 atom stereocenters. The summed E-state index contributed by atoms with van der Waals surface area (Å²) in [6.07, 6.45) is 1.63. The summed E-state index contributed by atoms with van der Waals surface area (Å²) in [5.41, 5.74) is 5.22. The van der Waals surface area contributed by atoms with Gasteiger partial charge in [-0.15, -0.1) is 0 Å². The first-order chi connectivity index (χ1) is 13.1. The second-order valence-corrected chi connectivity index (χ2v) is 9.33. The normalized spacial score (nSPS) is 18.2. The Morgan fingerprint density at radius 2 is 1.15 bits per heavy atom. The van der Waals surface area contributed by atoms with Gasteiger partial charge in [0.15, 0.2) is 0 Å². The molecule has 4 heteroatoms. The molecular formula is C23H21NO2S. The summed E-state index contributed by atoms with van der Waals surface area (Å²) < 4.78 is 27.7. The van der Waals surface area contributed by atoms with Crippen molar-refractivity contribution in [2.45, 2.75) is 23.2 Å². The molecule has 5 rings (SSSR count). The van der Waals surface area contributed by atoms with Crippen molar-refractivity contribution in [2.24, 2.45) is 0 Å². The van der Waals surface area contributed by atoms with Gasteiger partial charge in [-0.3, -0.25) is 0 Å². The van der Waals surface area contributed by atoms with Crippen LogP contribution in [0.15, 0.2) is 83.8 Å². The number of benzene rings is 3. The van der Waals surface area contributed by atoms with Crippen LogP contribution in [0.25, 0.3) is 11.1 Å². The molecule has 0 unspecified atom stereocenters. The van der Waals surface area contributed by atoms with E-state index in [1.54, 1.807) is 28.6 Å². The Balaban J connectivity index is 1.52. The Morgan fingerprint density at radius 3 is 1.70 bits per heavy atom. The quantitative estimate of drug-likeness (QED) is 0.664. The van der Waals surface area contributed by atoms with Crippen LogP contribution in [0.5, 0.6) is 0 Å². The molecule has 1 spiro atoms. The molecule has 3 nitrogen and oxygen atoms in total. The van der Waals surface area contributed by atoms with Crippen molar-refractivity contribution < 1.29 is 8.42 Å². The average Bonchev–Trinajstić information content (AvgIpc) is 3.00. The van der Waals surface area contributed by atoms with E-state index in [0.717, 1.165) is 12.8 Å². The molecule has 1 heterocycles. The van der Waals surface area contributed by atoms with Gasteiger partial charge in [-0.2, -0.15) is 4.31 Å². The zero-order chi connectivity index (χ0) is 18.5. The molecule has 2 aliphatic rings. The molecule has 1 aliphatic heterocycles. The van der Waals surface area contributed by atoms with Crippen molar-refractivity contribution in [3.05, 3.63) is 90.0 Å². The topological polar surface area (TPSA) is 37.4 Å². The van der Waals surface area contributed by atoms with Crippen LogP contribution >= 0.6 is 0 Å². The molecule has 0 amide bonds. The van der Waals surface area contributed by atoms with E-state index in [1.165, 1.54) is 22.3 Å². The largest absolute Gasteiger partial charge is 0.243 e. The van der Waals surface area contributed by atoms with Crippen molar-refractivity contribution in [3.8, 4) is 11.1 Å². The van der Waals surface area contributed by atoms with Crippen LogP contribution in [-0.2, 0) is 15.4 Å². The number of nitrogens with zero attached hydrogens (tertiary/aromatic N) is 1. The Morgan fingerprint density at radius 1 is 0.667 bits per heavy atom. The zero-order valence-electron chi connectivity index (χ0n) is 15.0. The second kappa shape index (κ2) is 6.04. The number of hydrogen-bond donors (Lipinski definition) is 0. The maximum Gasteiger partial charge on any atom is 0.243 e. The number of piperidine rings is 1. The lowest BCUT2D eigenvalue weighted by molar-refractivity contribution is 0.269. The number of fused-ring (bicyclic) bond motifs is 5. The van der Waals surface area contributed by atoms with Crippen molar-refractivity contribution in [1.29, 1.82) is 0 Å². The van der Waals surface area contributed by atoms with E-state index in [-0.39, 0.29) is 5.41 Å². The van der Waals surface area contributed by atoms with Gasteiger partial charge in [0, 0.05) is 18.5 Å². The lowest BCUT2D eigenvalue weighted by Crippen LogP contribution is -2.44. The van der Waals surface area contributed by atoms with E-state index in [2.05, 4.69) is 48.5 Å². The molecule has 27 heavy (non-hydrogen) atoms. The van der Waals surface area contributed by atoms with Crippen LogP contribution in [0.1, 0.15) is 24.0 Å². The molecule has 3 aromatic carbocycles. The summed E-state index contributed by atoms with van der Waals surface area (Å²) in [6.45, 7) is 1.08. The Bertz CT molecular complexity index is 1050. The van der Waals surface area contributed by atoms with Crippen LogP contribution in [0.3, 0.4) is 0 Å². The van der Waals surface area contributed by atoms with Gasteiger partial charge in [0.25, 0.3) is 0 Å². The van der Waals surface area contributed by atoms with Gasteiger partial charge in [0.05, 0.1) is 4.90 Å². The molecule has 3 aromatic rings.